The fourth-order valence-corrected chi connectivity index (χ4v) is 3.70. The molecule has 118 valence electrons. The highest BCUT2D eigenvalue weighted by atomic mass is 79.9. The van der Waals surface area contributed by atoms with Crippen LogP contribution in [-0.2, 0) is 6.42 Å². The third-order valence-corrected chi connectivity index (χ3v) is 5.39. The summed E-state index contributed by atoms with van der Waals surface area (Å²) in [4.78, 5) is 13.0. The molecule has 0 atom stereocenters. The number of rotatable bonds is 5. The first-order valence-corrected chi connectivity index (χ1v) is 9.07. The monoisotopic (exact) mass is 391 g/mol. The molecule has 1 aliphatic rings. The molecule has 0 bridgehead atoms. The van der Waals surface area contributed by atoms with E-state index in [1.165, 1.54) is 24.2 Å². The highest BCUT2D eigenvalue weighted by molar-refractivity contribution is 9.10. The SMILES string of the molecule is O=C(NCCc1nn2c(C3CC3)nnc2s1)c1ccccc1Br. The highest BCUT2D eigenvalue weighted by Crippen LogP contribution is 2.39. The van der Waals surface area contributed by atoms with Gasteiger partial charge in [0.25, 0.3) is 5.91 Å². The van der Waals surface area contributed by atoms with E-state index in [2.05, 4.69) is 36.5 Å². The molecule has 23 heavy (non-hydrogen) atoms. The number of aromatic nitrogens is 4. The second kappa shape index (κ2) is 6.01. The first-order chi connectivity index (χ1) is 11.2. The third kappa shape index (κ3) is 3.00. The van der Waals surface area contributed by atoms with Crippen LogP contribution in [0.15, 0.2) is 28.7 Å². The molecule has 0 radical (unpaired) electrons. The highest BCUT2D eigenvalue weighted by Gasteiger charge is 2.29. The predicted molar refractivity (Wildman–Crippen MR) is 90.8 cm³/mol. The Hall–Kier alpha value is -1.80. The topological polar surface area (TPSA) is 72.2 Å². The minimum absolute atomic E-state index is 0.0841. The maximum absolute atomic E-state index is 12.1. The molecule has 2 heterocycles. The molecule has 1 saturated carbocycles. The molecule has 0 saturated heterocycles. The minimum Gasteiger partial charge on any atom is -0.352 e. The van der Waals surface area contributed by atoms with Crippen molar-refractivity contribution in [2.24, 2.45) is 0 Å². The van der Waals surface area contributed by atoms with Gasteiger partial charge in [0.1, 0.15) is 5.01 Å². The number of carbonyl (C=O) groups excluding carboxylic acids is 1. The lowest BCUT2D eigenvalue weighted by atomic mass is 10.2. The maximum atomic E-state index is 12.1. The van der Waals surface area contributed by atoms with Gasteiger partial charge in [-0.15, -0.1) is 10.2 Å². The van der Waals surface area contributed by atoms with Gasteiger partial charge in [-0.3, -0.25) is 4.79 Å². The zero-order valence-corrected chi connectivity index (χ0v) is 14.6. The lowest BCUT2D eigenvalue weighted by Crippen LogP contribution is -2.26. The summed E-state index contributed by atoms with van der Waals surface area (Å²) in [6.45, 7) is 0.545. The van der Waals surface area contributed by atoms with Gasteiger partial charge in [0.2, 0.25) is 4.96 Å². The van der Waals surface area contributed by atoms with Crippen LogP contribution in [0.1, 0.15) is 39.9 Å². The van der Waals surface area contributed by atoms with Gasteiger partial charge in [-0.1, -0.05) is 23.5 Å². The van der Waals surface area contributed by atoms with Crippen molar-refractivity contribution in [2.75, 3.05) is 6.54 Å². The lowest BCUT2D eigenvalue weighted by molar-refractivity contribution is 0.0953. The van der Waals surface area contributed by atoms with Crippen molar-refractivity contribution in [3.8, 4) is 0 Å². The molecule has 6 nitrogen and oxygen atoms in total. The number of halogens is 1. The largest absolute Gasteiger partial charge is 0.352 e. The van der Waals surface area contributed by atoms with E-state index in [0.29, 0.717) is 24.4 Å². The molecule has 1 fully saturated rings. The number of benzene rings is 1. The summed E-state index contributed by atoms with van der Waals surface area (Å²) in [5.74, 6) is 1.41. The quantitative estimate of drug-likeness (QED) is 0.725. The molecule has 2 aromatic heterocycles. The lowest BCUT2D eigenvalue weighted by Gasteiger charge is -2.05. The van der Waals surface area contributed by atoms with E-state index in [1.54, 1.807) is 6.07 Å². The van der Waals surface area contributed by atoms with Crippen LogP contribution in [0.3, 0.4) is 0 Å². The molecule has 0 spiro atoms. The fourth-order valence-electron chi connectivity index (χ4n) is 2.39. The van der Waals surface area contributed by atoms with E-state index >= 15 is 0 Å². The Kier molecular flexibility index (Phi) is 3.86. The first-order valence-electron chi connectivity index (χ1n) is 7.46. The summed E-state index contributed by atoms with van der Waals surface area (Å²) in [7, 11) is 0. The Morgan fingerprint density at radius 1 is 1.35 bits per heavy atom. The number of carbonyl (C=O) groups is 1. The van der Waals surface area contributed by atoms with Crippen LogP contribution in [0.25, 0.3) is 4.96 Å². The minimum atomic E-state index is -0.0841. The smallest absolute Gasteiger partial charge is 0.252 e. The Labute approximate surface area is 145 Å². The third-order valence-electron chi connectivity index (χ3n) is 3.74. The van der Waals surface area contributed by atoms with Crippen molar-refractivity contribution in [2.45, 2.75) is 25.2 Å². The number of fused-ring (bicyclic) bond motifs is 1. The zero-order chi connectivity index (χ0) is 15.8. The Bertz CT molecular complexity index is 870. The van der Waals surface area contributed by atoms with Gasteiger partial charge in [0, 0.05) is 23.4 Å². The fraction of sp³-hybridized carbons (Fsp3) is 0.333. The summed E-state index contributed by atoms with van der Waals surface area (Å²) < 4.78 is 2.65. The molecule has 1 amide bonds. The van der Waals surface area contributed by atoms with E-state index in [9.17, 15) is 4.79 Å². The maximum Gasteiger partial charge on any atom is 0.252 e. The molecule has 8 heteroatoms. The van der Waals surface area contributed by atoms with E-state index in [1.807, 2.05) is 22.7 Å². The number of nitrogens with one attached hydrogen (secondary N) is 1. The van der Waals surface area contributed by atoms with Crippen LogP contribution in [0, 0.1) is 0 Å². The van der Waals surface area contributed by atoms with Crippen LogP contribution in [0.4, 0.5) is 0 Å². The van der Waals surface area contributed by atoms with Gasteiger partial charge in [-0.25, -0.2) is 0 Å². The van der Waals surface area contributed by atoms with Gasteiger partial charge in [0.15, 0.2) is 5.82 Å². The summed E-state index contributed by atoms with van der Waals surface area (Å²) in [5.41, 5.74) is 0.640. The van der Waals surface area contributed by atoms with Crippen LogP contribution >= 0.6 is 27.3 Å². The summed E-state index contributed by atoms with van der Waals surface area (Å²) in [6.07, 6.45) is 3.04. The van der Waals surface area contributed by atoms with E-state index in [4.69, 9.17) is 0 Å². The van der Waals surface area contributed by atoms with Gasteiger partial charge < -0.3 is 5.32 Å². The average Bonchev–Trinajstić information content (AvgIpc) is 3.18. The van der Waals surface area contributed by atoms with E-state index in [-0.39, 0.29) is 5.91 Å². The molecular formula is C15H14BrN5OS. The van der Waals surface area contributed by atoms with Crippen molar-refractivity contribution in [1.29, 1.82) is 0 Å². The summed E-state index contributed by atoms with van der Waals surface area (Å²) in [5, 5.41) is 16.8. The first kappa shape index (κ1) is 14.8. The van der Waals surface area contributed by atoms with Crippen molar-refractivity contribution in [3.05, 3.63) is 45.1 Å². The van der Waals surface area contributed by atoms with Crippen LogP contribution in [0.5, 0.6) is 0 Å². The molecule has 0 aliphatic heterocycles. The van der Waals surface area contributed by atoms with Crippen LogP contribution in [0.2, 0.25) is 0 Å². The molecule has 1 aliphatic carbocycles. The second-order valence-electron chi connectivity index (χ2n) is 5.51. The Balaban J connectivity index is 1.39. The van der Waals surface area contributed by atoms with Crippen LogP contribution < -0.4 is 5.32 Å². The van der Waals surface area contributed by atoms with Gasteiger partial charge in [0.05, 0.1) is 5.56 Å². The predicted octanol–water partition coefficient (Wildman–Crippen LogP) is 2.80. The standard InChI is InChI=1S/C15H14BrN5OS/c16-11-4-2-1-3-10(11)14(22)17-8-7-12-20-21-13(9-5-6-9)18-19-15(21)23-12/h1-4,9H,5-8H2,(H,17,22). The van der Waals surface area contributed by atoms with E-state index < -0.39 is 0 Å². The van der Waals surface area contributed by atoms with Crippen LogP contribution in [-0.4, -0.2) is 32.3 Å². The number of hydrogen-bond donors (Lipinski definition) is 1. The summed E-state index contributed by atoms with van der Waals surface area (Å²) >= 11 is 4.92. The number of amides is 1. The van der Waals surface area contributed by atoms with Crippen molar-refractivity contribution >= 4 is 38.1 Å². The van der Waals surface area contributed by atoms with Gasteiger partial charge >= 0.3 is 0 Å². The molecule has 3 aromatic rings. The molecule has 1 aromatic carbocycles. The van der Waals surface area contributed by atoms with Gasteiger partial charge in [-0.05, 0) is 40.9 Å². The summed E-state index contributed by atoms with van der Waals surface area (Å²) in [6, 6.07) is 7.39. The van der Waals surface area contributed by atoms with E-state index in [0.717, 1.165) is 20.3 Å². The number of nitrogens with zero attached hydrogens (tertiary/aromatic N) is 4. The molecule has 4 rings (SSSR count). The second-order valence-corrected chi connectivity index (χ2v) is 7.40. The Morgan fingerprint density at radius 3 is 2.96 bits per heavy atom. The van der Waals surface area contributed by atoms with Crippen molar-refractivity contribution < 1.29 is 4.79 Å². The van der Waals surface area contributed by atoms with Gasteiger partial charge in [-0.2, -0.15) is 9.61 Å². The van der Waals surface area contributed by atoms with Crippen molar-refractivity contribution in [3.63, 3.8) is 0 Å². The van der Waals surface area contributed by atoms with Crippen molar-refractivity contribution in [1.82, 2.24) is 25.1 Å². The average molecular weight is 392 g/mol. The zero-order valence-electron chi connectivity index (χ0n) is 12.2. The molecule has 0 unspecified atom stereocenters. The number of hydrogen-bond acceptors (Lipinski definition) is 5. The normalized spacial score (nSPS) is 14.3. The molecule has 1 N–H and O–H groups in total. The molecular weight excluding hydrogens is 378 g/mol. The Morgan fingerprint density at radius 2 is 2.17 bits per heavy atom.